The zero-order chi connectivity index (χ0) is 17.5. The average Bonchev–Trinajstić information content (AvgIpc) is 2.49. The minimum Gasteiger partial charge on any atom is -0.435 e. The SMILES string of the molecule is O=C(CC1COCCN1)Nc1ccc(OC(F)F)cc1OC(F)F. The Balaban J connectivity index is 2.04. The fraction of sp³-hybridized carbons (Fsp3) is 0.500. The smallest absolute Gasteiger partial charge is 0.387 e. The van der Waals surface area contributed by atoms with E-state index in [1.807, 2.05) is 0 Å². The van der Waals surface area contributed by atoms with Crippen LogP contribution in [0.25, 0.3) is 0 Å². The highest BCUT2D eigenvalue weighted by Gasteiger charge is 2.19. The van der Waals surface area contributed by atoms with Gasteiger partial charge in [-0.15, -0.1) is 0 Å². The minimum absolute atomic E-state index is 0.0589. The highest BCUT2D eigenvalue weighted by molar-refractivity contribution is 5.92. The summed E-state index contributed by atoms with van der Waals surface area (Å²) in [6.07, 6.45) is 0.0589. The van der Waals surface area contributed by atoms with Gasteiger partial charge in [0.15, 0.2) is 5.75 Å². The van der Waals surface area contributed by atoms with E-state index in [9.17, 15) is 22.4 Å². The lowest BCUT2D eigenvalue weighted by Crippen LogP contribution is -2.43. The van der Waals surface area contributed by atoms with Gasteiger partial charge < -0.3 is 24.8 Å². The van der Waals surface area contributed by atoms with Gasteiger partial charge in [-0.25, -0.2) is 0 Å². The van der Waals surface area contributed by atoms with Gasteiger partial charge in [0.1, 0.15) is 5.75 Å². The van der Waals surface area contributed by atoms with E-state index in [4.69, 9.17) is 4.74 Å². The largest absolute Gasteiger partial charge is 0.435 e. The number of halogens is 4. The number of amides is 1. The van der Waals surface area contributed by atoms with Gasteiger partial charge in [-0.1, -0.05) is 0 Å². The predicted octanol–water partition coefficient (Wildman–Crippen LogP) is 2.21. The minimum atomic E-state index is -3.18. The molecule has 1 aliphatic heterocycles. The van der Waals surface area contributed by atoms with Crippen molar-refractivity contribution in [1.82, 2.24) is 5.32 Å². The van der Waals surface area contributed by atoms with Crippen molar-refractivity contribution in [3.8, 4) is 11.5 Å². The van der Waals surface area contributed by atoms with Gasteiger partial charge in [0.05, 0.1) is 18.9 Å². The summed E-state index contributed by atoms with van der Waals surface area (Å²) in [5.41, 5.74) is -0.0707. The lowest BCUT2D eigenvalue weighted by molar-refractivity contribution is -0.117. The molecule has 1 aliphatic rings. The highest BCUT2D eigenvalue weighted by Crippen LogP contribution is 2.31. The molecule has 1 fully saturated rings. The Hall–Kier alpha value is -2.07. The van der Waals surface area contributed by atoms with Crippen LogP contribution in [-0.2, 0) is 9.53 Å². The number of rotatable bonds is 7. The van der Waals surface area contributed by atoms with Gasteiger partial charge in [0.2, 0.25) is 5.91 Å². The van der Waals surface area contributed by atoms with Gasteiger partial charge in [0, 0.05) is 25.1 Å². The second-order valence-electron chi connectivity index (χ2n) is 4.89. The molecule has 24 heavy (non-hydrogen) atoms. The van der Waals surface area contributed by atoms with Crippen molar-refractivity contribution in [2.24, 2.45) is 0 Å². The summed E-state index contributed by atoms with van der Waals surface area (Å²) in [6, 6.07) is 2.93. The Labute approximate surface area is 135 Å². The monoisotopic (exact) mass is 352 g/mol. The molecule has 2 rings (SSSR count). The number of hydrogen-bond acceptors (Lipinski definition) is 5. The van der Waals surface area contributed by atoms with Crippen LogP contribution in [0.2, 0.25) is 0 Å². The molecule has 0 radical (unpaired) electrons. The zero-order valence-electron chi connectivity index (χ0n) is 12.4. The van der Waals surface area contributed by atoms with Crippen LogP contribution in [0.15, 0.2) is 18.2 Å². The highest BCUT2D eigenvalue weighted by atomic mass is 19.3. The van der Waals surface area contributed by atoms with Crippen molar-refractivity contribution in [1.29, 1.82) is 0 Å². The lowest BCUT2D eigenvalue weighted by Gasteiger charge is -2.23. The summed E-state index contributed by atoms with van der Waals surface area (Å²) in [5, 5.41) is 5.48. The number of carbonyl (C=O) groups excluding carboxylic acids is 1. The molecular formula is C14H16F4N2O4. The number of morpholine rings is 1. The second kappa shape index (κ2) is 8.69. The number of carbonyl (C=O) groups is 1. The maximum atomic E-state index is 12.5. The van der Waals surface area contributed by atoms with Gasteiger partial charge in [-0.3, -0.25) is 4.79 Å². The summed E-state index contributed by atoms with van der Waals surface area (Å²) in [7, 11) is 0. The Morgan fingerprint density at radius 2 is 2.04 bits per heavy atom. The van der Waals surface area contributed by atoms with Crippen molar-refractivity contribution < 1.29 is 36.6 Å². The molecule has 1 saturated heterocycles. The standard InChI is InChI=1S/C14H16F4N2O4/c15-13(16)23-9-1-2-10(11(6-9)24-14(17)18)20-12(21)5-8-7-22-4-3-19-8/h1-2,6,8,13-14,19H,3-5,7H2,(H,20,21). The zero-order valence-corrected chi connectivity index (χ0v) is 12.4. The third-order valence-corrected chi connectivity index (χ3v) is 3.10. The van der Waals surface area contributed by atoms with E-state index in [-0.39, 0.29) is 23.9 Å². The summed E-state index contributed by atoms with van der Waals surface area (Å²) >= 11 is 0. The van der Waals surface area contributed by atoms with E-state index in [1.165, 1.54) is 0 Å². The normalized spacial score (nSPS) is 17.8. The molecule has 0 spiro atoms. The summed E-state index contributed by atoms with van der Waals surface area (Å²) < 4.78 is 62.9. The Morgan fingerprint density at radius 3 is 2.67 bits per heavy atom. The quantitative estimate of drug-likeness (QED) is 0.737. The topological polar surface area (TPSA) is 68.8 Å². The first-order valence-corrected chi connectivity index (χ1v) is 7.08. The van der Waals surface area contributed by atoms with Crippen molar-refractivity contribution >= 4 is 11.6 Å². The molecule has 1 amide bonds. The molecule has 6 nitrogen and oxygen atoms in total. The van der Waals surface area contributed by atoms with Gasteiger partial charge in [-0.05, 0) is 12.1 Å². The molecule has 1 unspecified atom stereocenters. The fourth-order valence-electron chi connectivity index (χ4n) is 2.15. The van der Waals surface area contributed by atoms with E-state index < -0.39 is 24.9 Å². The molecule has 0 aromatic heterocycles. The summed E-state index contributed by atoms with van der Waals surface area (Å²) in [6.45, 7) is -4.78. The maximum Gasteiger partial charge on any atom is 0.387 e. The van der Waals surface area contributed by atoms with Crippen molar-refractivity contribution in [2.45, 2.75) is 25.7 Å². The van der Waals surface area contributed by atoms with Crippen LogP contribution < -0.4 is 20.1 Å². The molecule has 1 atom stereocenters. The van der Waals surface area contributed by atoms with Crippen molar-refractivity contribution in [3.05, 3.63) is 18.2 Å². The number of nitrogens with one attached hydrogen (secondary N) is 2. The molecular weight excluding hydrogens is 336 g/mol. The first-order chi connectivity index (χ1) is 11.4. The molecule has 10 heteroatoms. The summed E-state index contributed by atoms with van der Waals surface area (Å²) in [4.78, 5) is 12.0. The Kier molecular flexibility index (Phi) is 6.62. The van der Waals surface area contributed by atoms with Crippen LogP contribution in [0.4, 0.5) is 23.2 Å². The van der Waals surface area contributed by atoms with Crippen molar-refractivity contribution in [2.75, 3.05) is 25.1 Å². The van der Waals surface area contributed by atoms with E-state index >= 15 is 0 Å². The third-order valence-electron chi connectivity index (χ3n) is 3.10. The fourth-order valence-corrected chi connectivity index (χ4v) is 2.15. The number of hydrogen-bond donors (Lipinski definition) is 2. The molecule has 1 aromatic carbocycles. The van der Waals surface area contributed by atoms with Crippen LogP contribution in [0, 0.1) is 0 Å². The number of alkyl halides is 4. The first-order valence-electron chi connectivity index (χ1n) is 7.08. The number of benzene rings is 1. The van der Waals surface area contributed by atoms with Gasteiger partial charge in [-0.2, -0.15) is 17.6 Å². The maximum absolute atomic E-state index is 12.5. The molecule has 2 N–H and O–H groups in total. The molecule has 0 bridgehead atoms. The summed E-state index contributed by atoms with van der Waals surface area (Å²) in [5.74, 6) is -1.29. The third kappa shape index (κ3) is 5.85. The molecule has 1 aromatic rings. The van der Waals surface area contributed by atoms with Gasteiger partial charge in [0.25, 0.3) is 0 Å². The van der Waals surface area contributed by atoms with Crippen LogP contribution in [0.5, 0.6) is 11.5 Å². The molecule has 0 aliphatic carbocycles. The average molecular weight is 352 g/mol. The van der Waals surface area contributed by atoms with Crippen molar-refractivity contribution in [3.63, 3.8) is 0 Å². The molecule has 1 heterocycles. The van der Waals surface area contributed by atoms with E-state index in [2.05, 4.69) is 20.1 Å². The number of ether oxygens (including phenoxy) is 3. The Morgan fingerprint density at radius 1 is 1.29 bits per heavy atom. The van der Waals surface area contributed by atoms with Crippen LogP contribution >= 0.6 is 0 Å². The first kappa shape index (κ1) is 18.3. The van der Waals surface area contributed by atoms with Crippen LogP contribution in [0.3, 0.4) is 0 Å². The molecule has 134 valence electrons. The van der Waals surface area contributed by atoms with E-state index in [0.717, 1.165) is 18.2 Å². The lowest BCUT2D eigenvalue weighted by atomic mass is 10.2. The van der Waals surface area contributed by atoms with E-state index in [0.29, 0.717) is 19.8 Å². The number of anilines is 1. The van der Waals surface area contributed by atoms with Crippen LogP contribution in [-0.4, -0.2) is 44.9 Å². The van der Waals surface area contributed by atoms with Gasteiger partial charge >= 0.3 is 13.2 Å². The molecule has 0 saturated carbocycles. The van der Waals surface area contributed by atoms with Crippen LogP contribution in [0.1, 0.15) is 6.42 Å². The second-order valence-corrected chi connectivity index (χ2v) is 4.89. The van der Waals surface area contributed by atoms with E-state index in [1.54, 1.807) is 0 Å². The Bertz CT molecular complexity index is 554. The predicted molar refractivity (Wildman–Crippen MR) is 75.6 cm³/mol.